The third-order valence-electron chi connectivity index (χ3n) is 3.42. The van der Waals surface area contributed by atoms with Crippen LogP contribution in [0.3, 0.4) is 0 Å². The zero-order valence-corrected chi connectivity index (χ0v) is 13.0. The predicted molar refractivity (Wildman–Crippen MR) is 82.9 cm³/mol. The largest absolute Gasteiger partial charge is 0.504 e. The van der Waals surface area contributed by atoms with Gasteiger partial charge in [0, 0.05) is 12.0 Å². The first-order valence-electron chi connectivity index (χ1n) is 6.94. The van der Waals surface area contributed by atoms with Crippen LogP contribution in [0.15, 0.2) is 12.3 Å². The van der Waals surface area contributed by atoms with Crippen molar-refractivity contribution in [1.29, 1.82) is 0 Å². The van der Waals surface area contributed by atoms with E-state index in [0.29, 0.717) is 40.9 Å². The maximum absolute atomic E-state index is 9.77. The third-order valence-corrected chi connectivity index (χ3v) is 3.70. The standard InChI is InChI=1S/C15H16ClN3O3/c1-7(2)12-11(20)6-18-15(19-12)22-13-8-3-4-21-14(8)10(17)5-9(13)16/h5-7,20H,3-4,17H2,1-2H3. The molecule has 3 N–H and O–H groups in total. The van der Waals surface area contributed by atoms with Gasteiger partial charge in [-0.25, -0.2) is 0 Å². The number of halogens is 1. The first kappa shape index (κ1) is 14.7. The molecule has 1 aliphatic rings. The summed E-state index contributed by atoms with van der Waals surface area (Å²) in [6, 6.07) is 1.72. The van der Waals surface area contributed by atoms with E-state index in [4.69, 9.17) is 26.8 Å². The van der Waals surface area contributed by atoms with Gasteiger partial charge in [-0.05, 0) is 12.0 Å². The van der Waals surface area contributed by atoms with Crippen molar-refractivity contribution >= 4 is 17.3 Å². The summed E-state index contributed by atoms with van der Waals surface area (Å²) < 4.78 is 11.3. The van der Waals surface area contributed by atoms with Crippen molar-refractivity contribution in [3.8, 4) is 23.3 Å². The van der Waals surface area contributed by atoms with E-state index < -0.39 is 0 Å². The monoisotopic (exact) mass is 321 g/mol. The Labute approximate surface area is 132 Å². The minimum atomic E-state index is 0.0410. The predicted octanol–water partition coefficient (Wildman–Crippen LogP) is 3.27. The highest BCUT2D eigenvalue weighted by Gasteiger charge is 2.24. The van der Waals surface area contributed by atoms with E-state index in [1.54, 1.807) is 6.07 Å². The number of fused-ring (bicyclic) bond motifs is 1. The molecule has 0 bridgehead atoms. The molecule has 0 amide bonds. The number of aromatic hydroxyl groups is 1. The Balaban J connectivity index is 2.01. The second-order valence-corrected chi connectivity index (χ2v) is 5.77. The van der Waals surface area contributed by atoms with Crippen LogP contribution in [0.2, 0.25) is 5.02 Å². The van der Waals surface area contributed by atoms with E-state index in [-0.39, 0.29) is 17.7 Å². The van der Waals surface area contributed by atoms with Gasteiger partial charge in [0.2, 0.25) is 0 Å². The summed E-state index contributed by atoms with van der Waals surface area (Å²) in [5.74, 6) is 1.13. The first-order chi connectivity index (χ1) is 10.5. The molecule has 0 spiro atoms. The van der Waals surface area contributed by atoms with Crippen LogP contribution in [0, 0.1) is 0 Å². The lowest BCUT2D eigenvalue weighted by molar-refractivity contribution is 0.358. The van der Waals surface area contributed by atoms with Gasteiger partial charge >= 0.3 is 6.01 Å². The summed E-state index contributed by atoms with van der Waals surface area (Å²) in [6.07, 6.45) is 1.98. The molecule has 7 heteroatoms. The number of rotatable bonds is 3. The lowest BCUT2D eigenvalue weighted by Crippen LogP contribution is -2.01. The van der Waals surface area contributed by atoms with Crippen LogP contribution in [0.4, 0.5) is 5.69 Å². The Kier molecular flexibility index (Phi) is 3.70. The van der Waals surface area contributed by atoms with Crippen molar-refractivity contribution in [1.82, 2.24) is 9.97 Å². The van der Waals surface area contributed by atoms with E-state index in [2.05, 4.69) is 9.97 Å². The summed E-state index contributed by atoms with van der Waals surface area (Å²) in [5, 5.41) is 10.2. The van der Waals surface area contributed by atoms with Gasteiger partial charge in [0.25, 0.3) is 0 Å². The number of hydrogen-bond acceptors (Lipinski definition) is 6. The molecule has 1 aromatic heterocycles. The molecule has 0 unspecified atom stereocenters. The zero-order valence-electron chi connectivity index (χ0n) is 12.3. The molecular weight excluding hydrogens is 306 g/mol. The number of nitrogens with two attached hydrogens (primary N) is 1. The van der Waals surface area contributed by atoms with E-state index >= 15 is 0 Å². The number of hydrogen-bond donors (Lipinski definition) is 2. The summed E-state index contributed by atoms with van der Waals surface area (Å²) in [7, 11) is 0. The number of ether oxygens (including phenoxy) is 2. The number of nitrogens with zero attached hydrogens (tertiary/aromatic N) is 2. The Morgan fingerprint density at radius 3 is 2.95 bits per heavy atom. The number of anilines is 1. The molecule has 2 aromatic rings. The molecule has 0 saturated carbocycles. The van der Waals surface area contributed by atoms with Crippen LogP contribution in [-0.2, 0) is 6.42 Å². The average molecular weight is 322 g/mol. The molecule has 0 aliphatic carbocycles. The molecular formula is C15H16ClN3O3. The van der Waals surface area contributed by atoms with Crippen molar-refractivity contribution in [2.24, 2.45) is 0 Å². The second-order valence-electron chi connectivity index (χ2n) is 5.36. The number of aromatic nitrogens is 2. The lowest BCUT2D eigenvalue weighted by atomic mass is 10.1. The van der Waals surface area contributed by atoms with Crippen LogP contribution in [0.1, 0.15) is 31.0 Å². The lowest BCUT2D eigenvalue weighted by Gasteiger charge is -2.13. The van der Waals surface area contributed by atoms with Gasteiger partial charge in [-0.15, -0.1) is 0 Å². The summed E-state index contributed by atoms with van der Waals surface area (Å²) >= 11 is 6.23. The van der Waals surface area contributed by atoms with Crippen LogP contribution >= 0.6 is 11.6 Å². The van der Waals surface area contributed by atoms with Gasteiger partial charge in [0.1, 0.15) is 5.75 Å². The maximum Gasteiger partial charge on any atom is 0.322 e. The topological polar surface area (TPSA) is 90.5 Å². The minimum absolute atomic E-state index is 0.0410. The highest BCUT2D eigenvalue weighted by Crippen LogP contribution is 2.44. The fourth-order valence-corrected chi connectivity index (χ4v) is 2.66. The minimum Gasteiger partial charge on any atom is -0.504 e. The van der Waals surface area contributed by atoms with Gasteiger partial charge in [-0.1, -0.05) is 25.4 Å². The van der Waals surface area contributed by atoms with Crippen LogP contribution in [0.5, 0.6) is 23.3 Å². The van der Waals surface area contributed by atoms with Crippen LogP contribution in [0.25, 0.3) is 0 Å². The molecule has 116 valence electrons. The molecule has 3 rings (SSSR count). The fourth-order valence-electron chi connectivity index (χ4n) is 2.39. The molecule has 1 aliphatic heterocycles. The van der Waals surface area contributed by atoms with E-state index in [9.17, 15) is 5.11 Å². The van der Waals surface area contributed by atoms with Gasteiger partial charge in [0.15, 0.2) is 11.5 Å². The molecule has 2 heterocycles. The summed E-state index contributed by atoms with van der Waals surface area (Å²) in [4.78, 5) is 8.23. The fraction of sp³-hybridized carbons (Fsp3) is 0.333. The first-order valence-corrected chi connectivity index (χ1v) is 7.32. The van der Waals surface area contributed by atoms with Gasteiger partial charge in [-0.2, -0.15) is 9.97 Å². The van der Waals surface area contributed by atoms with Crippen LogP contribution in [-0.4, -0.2) is 21.7 Å². The highest BCUT2D eigenvalue weighted by atomic mass is 35.5. The van der Waals surface area contributed by atoms with E-state index in [1.807, 2.05) is 13.8 Å². The van der Waals surface area contributed by atoms with Crippen molar-refractivity contribution in [2.75, 3.05) is 12.3 Å². The van der Waals surface area contributed by atoms with Crippen molar-refractivity contribution in [3.63, 3.8) is 0 Å². The molecule has 0 atom stereocenters. The Morgan fingerprint density at radius 1 is 1.45 bits per heavy atom. The van der Waals surface area contributed by atoms with Crippen LogP contribution < -0.4 is 15.2 Å². The Morgan fingerprint density at radius 2 is 2.23 bits per heavy atom. The second kappa shape index (κ2) is 5.53. The summed E-state index contributed by atoms with van der Waals surface area (Å²) in [5.41, 5.74) is 7.71. The smallest absolute Gasteiger partial charge is 0.322 e. The van der Waals surface area contributed by atoms with Crippen molar-refractivity contribution in [2.45, 2.75) is 26.2 Å². The Hall–Kier alpha value is -2.21. The van der Waals surface area contributed by atoms with E-state index in [1.165, 1.54) is 6.20 Å². The molecule has 0 saturated heterocycles. The number of nitrogen functional groups attached to an aromatic ring is 1. The van der Waals surface area contributed by atoms with Gasteiger partial charge in [-0.3, -0.25) is 0 Å². The highest BCUT2D eigenvalue weighted by molar-refractivity contribution is 6.32. The third kappa shape index (κ3) is 2.50. The Bertz CT molecular complexity index is 734. The van der Waals surface area contributed by atoms with Gasteiger partial charge < -0.3 is 20.3 Å². The normalized spacial score (nSPS) is 13.1. The summed E-state index contributed by atoms with van der Waals surface area (Å²) in [6.45, 7) is 4.38. The molecule has 0 fully saturated rings. The average Bonchev–Trinajstić information content (AvgIpc) is 2.94. The molecule has 6 nitrogen and oxygen atoms in total. The quantitative estimate of drug-likeness (QED) is 0.843. The van der Waals surface area contributed by atoms with Gasteiger partial charge in [0.05, 0.1) is 29.2 Å². The maximum atomic E-state index is 9.77. The molecule has 1 aromatic carbocycles. The van der Waals surface area contributed by atoms with E-state index in [0.717, 1.165) is 5.56 Å². The van der Waals surface area contributed by atoms with Crippen molar-refractivity contribution < 1.29 is 14.6 Å². The number of benzene rings is 1. The zero-order chi connectivity index (χ0) is 15.9. The molecule has 22 heavy (non-hydrogen) atoms. The van der Waals surface area contributed by atoms with Crippen molar-refractivity contribution in [3.05, 3.63) is 28.5 Å². The SMILES string of the molecule is CC(C)c1nc(Oc2c(Cl)cc(N)c3c2CCO3)ncc1O. The molecule has 0 radical (unpaired) electrons.